The molecule has 0 spiro atoms. The van der Waals surface area contributed by atoms with Crippen molar-refractivity contribution in [1.82, 2.24) is 5.32 Å². The minimum absolute atomic E-state index is 0.00329. The van der Waals surface area contributed by atoms with E-state index in [9.17, 15) is 14.4 Å². The SMILES string of the molecule is COc1cccc(/C=C(\NC(=O)c2ccccc2)C(=O)Nc2cccc(SCC(=O)c3ccc4c(c3)OCO4)c2)c1OC. The Balaban J connectivity index is 1.33. The molecule has 0 saturated carbocycles. The van der Waals surface area contributed by atoms with Crippen LogP contribution in [0.25, 0.3) is 6.08 Å². The number of para-hydroxylation sites is 1. The van der Waals surface area contributed by atoms with E-state index in [1.54, 1.807) is 84.9 Å². The standard InChI is InChI=1S/C33H28N2O7S/c1-39-29-13-6-10-23(31(29)40-2)16-26(35-32(37)21-8-4-3-5-9-21)33(38)34-24-11-7-12-25(18-24)43-19-27(36)22-14-15-28-30(17-22)42-20-41-28/h3-18H,19-20H2,1-2H3,(H,34,38)(H,35,37)/b26-16-. The highest BCUT2D eigenvalue weighted by atomic mass is 32.2. The number of anilines is 1. The summed E-state index contributed by atoms with van der Waals surface area (Å²) in [5, 5.41) is 5.58. The molecule has 1 aliphatic rings. The molecule has 5 rings (SSSR count). The van der Waals surface area contributed by atoms with Crippen LogP contribution in [0.4, 0.5) is 5.69 Å². The van der Waals surface area contributed by atoms with Gasteiger partial charge in [-0.15, -0.1) is 11.8 Å². The average molecular weight is 597 g/mol. The largest absolute Gasteiger partial charge is 0.493 e. The molecular weight excluding hydrogens is 568 g/mol. The smallest absolute Gasteiger partial charge is 0.272 e. The van der Waals surface area contributed by atoms with E-state index >= 15 is 0 Å². The number of thioether (sulfide) groups is 1. The van der Waals surface area contributed by atoms with Crippen molar-refractivity contribution in [3.8, 4) is 23.0 Å². The summed E-state index contributed by atoms with van der Waals surface area (Å²) in [5.41, 5.74) is 1.94. The number of carbonyl (C=O) groups excluding carboxylic acids is 3. The number of nitrogens with one attached hydrogen (secondary N) is 2. The molecule has 2 amide bonds. The maximum Gasteiger partial charge on any atom is 0.272 e. The molecular formula is C33H28N2O7S. The molecule has 2 N–H and O–H groups in total. The molecule has 9 nitrogen and oxygen atoms in total. The third kappa shape index (κ3) is 7.17. The van der Waals surface area contributed by atoms with Gasteiger partial charge in [-0.3, -0.25) is 14.4 Å². The van der Waals surface area contributed by atoms with Gasteiger partial charge in [0.05, 0.1) is 20.0 Å². The van der Waals surface area contributed by atoms with Crippen molar-refractivity contribution in [3.05, 3.63) is 113 Å². The number of carbonyl (C=O) groups is 3. The fourth-order valence-corrected chi connectivity index (χ4v) is 5.14. The van der Waals surface area contributed by atoms with E-state index in [0.29, 0.717) is 45.4 Å². The first-order valence-corrected chi connectivity index (χ1v) is 14.2. The van der Waals surface area contributed by atoms with Gasteiger partial charge in [0.15, 0.2) is 28.8 Å². The molecule has 0 fully saturated rings. The zero-order valence-corrected chi connectivity index (χ0v) is 24.2. The minimum Gasteiger partial charge on any atom is -0.493 e. The van der Waals surface area contributed by atoms with Gasteiger partial charge in [0.2, 0.25) is 6.79 Å². The van der Waals surface area contributed by atoms with Crippen LogP contribution in [0.15, 0.2) is 102 Å². The van der Waals surface area contributed by atoms with Gasteiger partial charge in [-0.2, -0.15) is 0 Å². The molecule has 43 heavy (non-hydrogen) atoms. The summed E-state index contributed by atoms with van der Waals surface area (Å²) in [6, 6.07) is 26.1. The Morgan fingerprint density at radius 1 is 0.837 bits per heavy atom. The molecule has 0 aliphatic carbocycles. The fourth-order valence-electron chi connectivity index (χ4n) is 4.29. The summed E-state index contributed by atoms with van der Waals surface area (Å²) < 4.78 is 21.6. The van der Waals surface area contributed by atoms with Crippen LogP contribution in [0.1, 0.15) is 26.3 Å². The third-order valence-corrected chi connectivity index (χ3v) is 7.41. The van der Waals surface area contributed by atoms with Crippen LogP contribution in [0.3, 0.4) is 0 Å². The van der Waals surface area contributed by atoms with Crippen molar-refractivity contribution in [1.29, 1.82) is 0 Å². The Morgan fingerprint density at radius 2 is 1.63 bits per heavy atom. The predicted molar refractivity (Wildman–Crippen MR) is 164 cm³/mol. The molecule has 1 heterocycles. The van der Waals surface area contributed by atoms with Crippen molar-refractivity contribution >= 4 is 41.1 Å². The van der Waals surface area contributed by atoms with Crippen molar-refractivity contribution in [2.45, 2.75) is 4.90 Å². The highest BCUT2D eigenvalue weighted by Crippen LogP contribution is 2.34. The highest BCUT2D eigenvalue weighted by Gasteiger charge is 2.19. The molecule has 4 aromatic rings. The second-order valence-electron chi connectivity index (χ2n) is 9.22. The fraction of sp³-hybridized carbons (Fsp3) is 0.121. The summed E-state index contributed by atoms with van der Waals surface area (Å²) in [6.07, 6.45) is 1.53. The predicted octanol–water partition coefficient (Wildman–Crippen LogP) is 5.82. The number of benzene rings is 4. The highest BCUT2D eigenvalue weighted by molar-refractivity contribution is 8.00. The number of rotatable bonds is 11. The summed E-state index contributed by atoms with van der Waals surface area (Å²) >= 11 is 1.34. The summed E-state index contributed by atoms with van der Waals surface area (Å²) in [5.74, 6) is 1.17. The van der Waals surface area contributed by atoms with Gasteiger partial charge in [-0.25, -0.2) is 0 Å². The minimum atomic E-state index is -0.548. The molecule has 1 aliphatic heterocycles. The van der Waals surface area contributed by atoms with E-state index in [1.165, 1.54) is 32.1 Å². The van der Waals surface area contributed by atoms with Crippen molar-refractivity contribution in [3.63, 3.8) is 0 Å². The first-order valence-electron chi connectivity index (χ1n) is 13.2. The van der Waals surface area contributed by atoms with Crippen molar-refractivity contribution in [2.24, 2.45) is 0 Å². The summed E-state index contributed by atoms with van der Waals surface area (Å²) in [6.45, 7) is 0.139. The van der Waals surface area contributed by atoms with Gasteiger partial charge in [0, 0.05) is 27.3 Å². The Bertz CT molecular complexity index is 1690. The Morgan fingerprint density at radius 3 is 2.42 bits per heavy atom. The quantitative estimate of drug-likeness (QED) is 0.127. The number of hydrogen-bond donors (Lipinski definition) is 2. The molecule has 0 radical (unpaired) electrons. The zero-order valence-electron chi connectivity index (χ0n) is 23.4. The maximum atomic E-state index is 13.5. The second-order valence-corrected chi connectivity index (χ2v) is 10.3. The molecule has 0 aromatic heterocycles. The first-order chi connectivity index (χ1) is 20.9. The van der Waals surface area contributed by atoms with Crippen LogP contribution in [0.5, 0.6) is 23.0 Å². The number of fused-ring (bicyclic) bond motifs is 1. The van der Waals surface area contributed by atoms with Crippen molar-refractivity contribution < 1.29 is 33.3 Å². The van der Waals surface area contributed by atoms with Gasteiger partial charge in [-0.05, 0) is 60.7 Å². The number of ketones is 1. The van der Waals surface area contributed by atoms with Crippen LogP contribution >= 0.6 is 11.8 Å². The number of ether oxygens (including phenoxy) is 4. The zero-order chi connectivity index (χ0) is 30.2. The van der Waals surface area contributed by atoms with Crippen LogP contribution in [-0.4, -0.2) is 44.4 Å². The Kier molecular flexibility index (Phi) is 9.28. The molecule has 0 bridgehead atoms. The third-order valence-electron chi connectivity index (χ3n) is 6.42. The topological polar surface area (TPSA) is 112 Å². The summed E-state index contributed by atoms with van der Waals surface area (Å²) in [4.78, 5) is 40.2. The van der Waals surface area contributed by atoms with E-state index in [0.717, 1.165) is 4.90 Å². The molecule has 0 saturated heterocycles. The first kappa shape index (κ1) is 29.3. The number of methoxy groups -OCH3 is 2. The molecule has 0 atom stereocenters. The van der Waals surface area contributed by atoms with Gasteiger partial charge in [0.1, 0.15) is 5.70 Å². The molecule has 4 aromatic carbocycles. The van der Waals surface area contributed by atoms with Crippen LogP contribution < -0.4 is 29.6 Å². The van der Waals surface area contributed by atoms with Crippen LogP contribution in [0, 0.1) is 0 Å². The van der Waals surface area contributed by atoms with Gasteiger partial charge < -0.3 is 29.6 Å². The van der Waals surface area contributed by atoms with E-state index < -0.39 is 11.8 Å². The monoisotopic (exact) mass is 596 g/mol. The average Bonchev–Trinajstić information content (AvgIpc) is 3.52. The Hall–Kier alpha value is -5.22. The second kappa shape index (κ2) is 13.6. The lowest BCUT2D eigenvalue weighted by Gasteiger charge is -2.14. The normalized spacial score (nSPS) is 11.9. The molecule has 0 unspecified atom stereocenters. The van der Waals surface area contributed by atoms with Gasteiger partial charge >= 0.3 is 0 Å². The van der Waals surface area contributed by atoms with E-state index in [4.69, 9.17) is 18.9 Å². The van der Waals surface area contributed by atoms with Crippen LogP contribution in [-0.2, 0) is 4.79 Å². The molecule has 10 heteroatoms. The number of hydrogen-bond acceptors (Lipinski definition) is 8. The van der Waals surface area contributed by atoms with E-state index in [1.807, 2.05) is 6.07 Å². The van der Waals surface area contributed by atoms with Crippen LogP contribution in [0.2, 0.25) is 0 Å². The maximum absolute atomic E-state index is 13.5. The lowest BCUT2D eigenvalue weighted by molar-refractivity contribution is -0.113. The summed E-state index contributed by atoms with van der Waals surface area (Å²) in [7, 11) is 3.02. The lowest BCUT2D eigenvalue weighted by Crippen LogP contribution is -2.30. The number of Topliss-reactive ketones (excluding diaryl/α,β-unsaturated/α-hetero) is 1. The van der Waals surface area contributed by atoms with E-state index in [-0.39, 0.29) is 24.0 Å². The lowest BCUT2D eigenvalue weighted by atomic mass is 10.1. The van der Waals surface area contributed by atoms with Gasteiger partial charge in [-0.1, -0.05) is 36.4 Å². The number of amides is 2. The molecule has 218 valence electrons. The Labute approximate surface area is 252 Å². The van der Waals surface area contributed by atoms with Crippen molar-refractivity contribution in [2.75, 3.05) is 32.1 Å². The van der Waals surface area contributed by atoms with Gasteiger partial charge in [0.25, 0.3) is 11.8 Å². The van der Waals surface area contributed by atoms with E-state index in [2.05, 4.69) is 10.6 Å².